The van der Waals surface area contributed by atoms with E-state index in [-0.39, 0.29) is 0 Å². The first-order valence-corrected chi connectivity index (χ1v) is 21.2. The summed E-state index contributed by atoms with van der Waals surface area (Å²) in [5.41, 5.74) is 12.2. The van der Waals surface area contributed by atoms with E-state index in [1.807, 2.05) is 34.8 Å². The summed E-state index contributed by atoms with van der Waals surface area (Å²) in [5, 5.41) is 7.53. The van der Waals surface area contributed by atoms with Crippen molar-refractivity contribution in [2.75, 3.05) is 4.90 Å². The van der Waals surface area contributed by atoms with Crippen LogP contribution in [0.5, 0.6) is 0 Å². The maximum absolute atomic E-state index is 6.17. The standard InChI is InChI=1S/C54H33NOS2/c1-4-13-49-43(10-1)46-31-39(20-27-50(46)56-49)36-8-7-9-42(30-36)55(40-23-16-34(17-24-40)37-21-28-53-47(32-37)44-11-2-5-14-51(44)57-53)41-25-18-35(19-26-41)38-22-29-54-48(33-38)45-12-3-6-15-52(45)58-54/h1-33H. The summed E-state index contributed by atoms with van der Waals surface area (Å²) in [4.78, 5) is 2.37. The number of anilines is 3. The fraction of sp³-hybridized carbons (Fsp3) is 0. The van der Waals surface area contributed by atoms with Gasteiger partial charge in [-0.1, -0.05) is 109 Å². The van der Waals surface area contributed by atoms with Gasteiger partial charge < -0.3 is 9.32 Å². The molecule has 3 heterocycles. The van der Waals surface area contributed by atoms with Gasteiger partial charge >= 0.3 is 0 Å². The van der Waals surface area contributed by atoms with Crippen LogP contribution in [0.4, 0.5) is 17.1 Å². The number of fused-ring (bicyclic) bond motifs is 9. The lowest BCUT2D eigenvalue weighted by atomic mass is 10.00. The summed E-state index contributed by atoms with van der Waals surface area (Å²) in [6.07, 6.45) is 0. The Hall–Kier alpha value is -6.98. The zero-order valence-corrected chi connectivity index (χ0v) is 32.9. The Morgan fingerprint density at radius 2 is 0.724 bits per heavy atom. The minimum absolute atomic E-state index is 0.903. The Morgan fingerprint density at radius 3 is 1.34 bits per heavy atom. The molecule has 0 saturated heterocycles. The second-order valence-corrected chi connectivity index (χ2v) is 17.1. The number of benzene rings is 9. The third kappa shape index (κ3) is 5.53. The maximum Gasteiger partial charge on any atom is 0.135 e. The molecule has 0 spiro atoms. The average molecular weight is 776 g/mol. The third-order valence-electron chi connectivity index (χ3n) is 11.5. The van der Waals surface area contributed by atoms with Crippen LogP contribution in [0.1, 0.15) is 0 Å². The monoisotopic (exact) mass is 775 g/mol. The second-order valence-electron chi connectivity index (χ2n) is 14.9. The van der Waals surface area contributed by atoms with Crippen molar-refractivity contribution in [1.82, 2.24) is 0 Å². The molecule has 0 aliphatic rings. The van der Waals surface area contributed by atoms with Gasteiger partial charge in [0, 0.05) is 68.2 Å². The summed E-state index contributed by atoms with van der Waals surface area (Å²) < 4.78 is 11.5. The first-order valence-electron chi connectivity index (χ1n) is 19.6. The van der Waals surface area contributed by atoms with E-state index < -0.39 is 0 Å². The van der Waals surface area contributed by atoms with Gasteiger partial charge in [-0.15, -0.1) is 22.7 Å². The number of para-hydroxylation sites is 1. The fourth-order valence-corrected chi connectivity index (χ4v) is 10.8. The van der Waals surface area contributed by atoms with E-state index in [4.69, 9.17) is 4.42 Å². The summed E-state index contributed by atoms with van der Waals surface area (Å²) in [6.45, 7) is 0. The van der Waals surface area contributed by atoms with E-state index in [0.717, 1.165) is 50.1 Å². The zero-order valence-electron chi connectivity index (χ0n) is 31.2. The van der Waals surface area contributed by atoms with Gasteiger partial charge in [-0.25, -0.2) is 0 Å². The van der Waals surface area contributed by atoms with Crippen molar-refractivity contribution in [2.45, 2.75) is 0 Å². The molecule has 12 aromatic rings. The van der Waals surface area contributed by atoms with Gasteiger partial charge in [-0.3, -0.25) is 0 Å². The van der Waals surface area contributed by atoms with E-state index in [1.165, 1.54) is 62.6 Å². The molecule has 0 radical (unpaired) electrons. The predicted octanol–water partition coefficient (Wildman–Crippen LogP) is 16.8. The molecule has 0 bridgehead atoms. The molecular weight excluding hydrogens is 743 g/mol. The molecule has 0 fully saturated rings. The average Bonchev–Trinajstić information content (AvgIpc) is 3.98. The lowest BCUT2D eigenvalue weighted by molar-refractivity contribution is 0.669. The summed E-state index contributed by atoms with van der Waals surface area (Å²) in [7, 11) is 0. The number of furan rings is 1. The van der Waals surface area contributed by atoms with Gasteiger partial charge in [-0.2, -0.15) is 0 Å². The highest BCUT2D eigenvalue weighted by molar-refractivity contribution is 7.26. The highest BCUT2D eigenvalue weighted by Gasteiger charge is 2.16. The van der Waals surface area contributed by atoms with Crippen LogP contribution in [0.15, 0.2) is 205 Å². The molecule has 9 aromatic carbocycles. The Balaban J connectivity index is 0.950. The Kier molecular flexibility index (Phi) is 7.62. The van der Waals surface area contributed by atoms with Crippen molar-refractivity contribution in [2.24, 2.45) is 0 Å². The van der Waals surface area contributed by atoms with E-state index in [0.29, 0.717) is 0 Å². The first kappa shape index (κ1) is 33.2. The van der Waals surface area contributed by atoms with Gasteiger partial charge in [0.05, 0.1) is 0 Å². The molecule has 0 aliphatic heterocycles. The summed E-state index contributed by atoms with van der Waals surface area (Å²) in [5.74, 6) is 0. The second kappa shape index (κ2) is 13.3. The van der Waals surface area contributed by atoms with Crippen molar-refractivity contribution < 1.29 is 4.42 Å². The largest absolute Gasteiger partial charge is 0.456 e. The normalized spacial score (nSPS) is 11.8. The Morgan fingerprint density at radius 1 is 0.276 bits per heavy atom. The number of hydrogen-bond donors (Lipinski definition) is 0. The quantitative estimate of drug-likeness (QED) is 0.167. The van der Waals surface area contributed by atoms with Crippen molar-refractivity contribution in [3.63, 3.8) is 0 Å². The molecular formula is C54H33NOS2. The first-order chi connectivity index (χ1) is 28.7. The van der Waals surface area contributed by atoms with Crippen molar-refractivity contribution in [3.8, 4) is 33.4 Å². The number of nitrogens with zero attached hydrogens (tertiary/aromatic N) is 1. The highest BCUT2D eigenvalue weighted by atomic mass is 32.1. The number of rotatable bonds is 6. The van der Waals surface area contributed by atoms with Gasteiger partial charge in [0.1, 0.15) is 11.2 Å². The van der Waals surface area contributed by atoms with Crippen LogP contribution in [-0.2, 0) is 0 Å². The third-order valence-corrected chi connectivity index (χ3v) is 13.8. The van der Waals surface area contributed by atoms with Gasteiger partial charge in [0.25, 0.3) is 0 Å². The van der Waals surface area contributed by atoms with E-state index in [2.05, 4.69) is 193 Å². The molecule has 12 rings (SSSR count). The minimum atomic E-state index is 0.903. The van der Waals surface area contributed by atoms with Crippen LogP contribution >= 0.6 is 22.7 Å². The van der Waals surface area contributed by atoms with Gasteiger partial charge in [-0.05, 0) is 124 Å². The van der Waals surface area contributed by atoms with Crippen LogP contribution in [-0.4, -0.2) is 0 Å². The molecule has 0 aliphatic carbocycles. The molecule has 0 amide bonds. The molecule has 58 heavy (non-hydrogen) atoms. The smallest absolute Gasteiger partial charge is 0.135 e. The van der Waals surface area contributed by atoms with Crippen molar-refractivity contribution in [1.29, 1.82) is 0 Å². The van der Waals surface area contributed by atoms with E-state index in [1.54, 1.807) is 0 Å². The van der Waals surface area contributed by atoms with Gasteiger partial charge in [0.2, 0.25) is 0 Å². The minimum Gasteiger partial charge on any atom is -0.456 e. The maximum atomic E-state index is 6.17. The van der Waals surface area contributed by atoms with Crippen LogP contribution in [0.2, 0.25) is 0 Å². The molecule has 0 unspecified atom stereocenters. The molecule has 272 valence electrons. The molecule has 2 nitrogen and oxygen atoms in total. The fourth-order valence-electron chi connectivity index (χ4n) is 8.59. The van der Waals surface area contributed by atoms with Crippen LogP contribution in [0.25, 0.3) is 95.7 Å². The molecule has 0 N–H and O–H groups in total. The van der Waals surface area contributed by atoms with Crippen molar-refractivity contribution in [3.05, 3.63) is 200 Å². The summed E-state index contributed by atoms with van der Waals surface area (Å²) in [6, 6.07) is 72.9. The lowest BCUT2D eigenvalue weighted by Gasteiger charge is -2.26. The molecule has 4 heteroatoms. The molecule has 0 atom stereocenters. The highest BCUT2D eigenvalue weighted by Crippen LogP contribution is 2.42. The van der Waals surface area contributed by atoms with Crippen LogP contribution in [0, 0.1) is 0 Å². The van der Waals surface area contributed by atoms with E-state index >= 15 is 0 Å². The zero-order chi connectivity index (χ0) is 38.2. The van der Waals surface area contributed by atoms with Crippen LogP contribution in [0.3, 0.4) is 0 Å². The molecule has 3 aromatic heterocycles. The lowest BCUT2D eigenvalue weighted by Crippen LogP contribution is -2.10. The Bertz CT molecular complexity index is 3360. The van der Waals surface area contributed by atoms with Gasteiger partial charge in [0.15, 0.2) is 0 Å². The predicted molar refractivity (Wildman–Crippen MR) is 250 cm³/mol. The van der Waals surface area contributed by atoms with Crippen molar-refractivity contribution >= 4 is 102 Å². The SMILES string of the molecule is c1cc(-c2ccc3oc4ccccc4c3c2)cc(N(c2ccc(-c3ccc4sc5ccccc5c4c3)cc2)c2ccc(-c3ccc4sc5ccccc5c4c3)cc2)c1. The molecule has 0 saturated carbocycles. The number of thiophene rings is 2. The van der Waals surface area contributed by atoms with Crippen LogP contribution < -0.4 is 4.90 Å². The Labute approximate surface area is 343 Å². The summed E-state index contributed by atoms with van der Waals surface area (Å²) >= 11 is 3.71. The van der Waals surface area contributed by atoms with E-state index in [9.17, 15) is 0 Å². The topological polar surface area (TPSA) is 16.4 Å². The number of hydrogen-bond acceptors (Lipinski definition) is 4.